The molecule has 4 nitrogen and oxygen atoms in total. The maximum Gasteiger partial charge on any atom is 0.216 e. The largest absolute Gasteiger partial charge is 0.356 e. The molecule has 0 aromatic rings. The Labute approximate surface area is 112 Å². The number of amides is 2. The first kappa shape index (κ1) is 19.3. The normalized spacial score (nSPS) is 11.4. The summed E-state index contributed by atoms with van der Waals surface area (Å²) in [4.78, 5) is 21.8. The SMILES string of the molecule is C.CC(=O)NCC(C)(C)CC(C)(C)CNC(C)=O. The van der Waals surface area contributed by atoms with Crippen LogP contribution in [0, 0.1) is 10.8 Å². The maximum absolute atomic E-state index is 10.9. The van der Waals surface area contributed by atoms with Crippen LogP contribution >= 0.6 is 0 Å². The molecule has 0 aliphatic rings. The monoisotopic (exact) mass is 258 g/mol. The molecular weight excluding hydrogens is 228 g/mol. The number of carbonyl (C=O) groups excluding carboxylic acids is 2. The molecule has 2 N–H and O–H groups in total. The molecule has 0 atom stereocenters. The lowest BCUT2D eigenvalue weighted by atomic mass is 9.75. The fourth-order valence-corrected chi connectivity index (χ4v) is 2.15. The first-order valence-corrected chi connectivity index (χ1v) is 6.03. The number of hydrogen-bond acceptors (Lipinski definition) is 2. The number of rotatable bonds is 6. The van der Waals surface area contributed by atoms with Crippen LogP contribution in [0.3, 0.4) is 0 Å². The third-order valence-electron chi connectivity index (χ3n) is 2.59. The Morgan fingerprint density at radius 1 is 0.833 bits per heavy atom. The summed E-state index contributed by atoms with van der Waals surface area (Å²) in [7, 11) is 0. The second-order valence-electron chi connectivity index (χ2n) is 6.32. The van der Waals surface area contributed by atoms with Crippen molar-refractivity contribution in [3.8, 4) is 0 Å². The van der Waals surface area contributed by atoms with Crippen molar-refractivity contribution < 1.29 is 9.59 Å². The van der Waals surface area contributed by atoms with E-state index in [-0.39, 0.29) is 30.1 Å². The van der Waals surface area contributed by atoms with Crippen molar-refractivity contribution in [1.29, 1.82) is 0 Å². The fraction of sp³-hybridized carbons (Fsp3) is 0.857. The molecule has 108 valence electrons. The summed E-state index contributed by atoms with van der Waals surface area (Å²) < 4.78 is 0. The highest BCUT2D eigenvalue weighted by Crippen LogP contribution is 2.32. The van der Waals surface area contributed by atoms with Crippen LogP contribution in [0.5, 0.6) is 0 Å². The van der Waals surface area contributed by atoms with Crippen molar-refractivity contribution in [2.75, 3.05) is 13.1 Å². The van der Waals surface area contributed by atoms with Crippen LogP contribution in [0.4, 0.5) is 0 Å². The average Bonchev–Trinajstić information content (AvgIpc) is 2.10. The molecule has 0 saturated carbocycles. The lowest BCUT2D eigenvalue weighted by Crippen LogP contribution is -2.40. The Morgan fingerprint density at radius 2 is 1.11 bits per heavy atom. The van der Waals surface area contributed by atoms with Gasteiger partial charge in [0, 0.05) is 26.9 Å². The molecule has 18 heavy (non-hydrogen) atoms. The summed E-state index contributed by atoms with van der Waals surface area (Å²) in [6, 6.07) is 0. The third kappa shape index (κ3) is 10.1. The van der Waals surface area contributed by atoms with Gasteiger partial charge in [-0.1, -0.05) is 35.1 Å². The second kappa shape index (κ2) is 7.39. The molecule has 0 saturated heterocycles. The Bertz CT molecular complexity index is 256. The Morgan fingerprint density at radius 3 is 1.33 bits per heavy atom. The van der Waals surface area contributed by atoms with Crippen LogP contribution in [0.25, 0.3) is 0 Å². The molecule has 2 amide bonds. The molecule has 0 unspecified atom stereocenters. The molecule has 4 heteroatoms. The zero-order valence-corrected chi connectivity index (χ0v) is 11.9. The van der Waals surface area contributed by atoms with E-state index in [1.165, 1.54) is 13.8 Å². The molecule has 0 fully saturated rings. The molecule has 0 heterocycles. The minimum Gasteiger partial charge on any atom is -0.356 e. The van der Waals surface area contributed by atoms with E-state index in [9.17, 15) is 9.59 Å². The van der Waals surface area contributed by atoms with Gasteiger partial charge in [0.05, 0.1) is 0 Å². The van der Waals surface area contributed by atoms with Gasteiger partial charge < -0.3 is 10.6 Å². The molecule has 0 bridgehead atoms. The van der Waals surface area contributed by atoms with Crippen LogP contribution in [-0.4, -0.2) is 24.9 Å². The van der Waals surface area contributed by atoms with Crippen molar-refractivity contribution >= 4 is 11.8 Å². The van der Waals surface area contributed by atoms with Crippen molar-refractivity contribution in [3.63, 3.8) is 0 Å². The van der Waals surface area contributed by atoms with E-state index in [2.05, 4.69) is 38.3 Å². The smallest absolute Gasteiger partial charge is 0.216 e. The van der Waals surface area contributed by atoms with E-state index in [1.807, 2.05) is 0 Å². The molecule has 0 rings (SSSR count). The predicted octanol–water partition coefficient (Wildman–Crippen LogP) is 2.34. The van der Waals surface area contributed by atoms with E-state index >= 15 is 0 Å². The van der Waals surface area contributed by atoms with Crippen molar-refractivity contribution in [3.05, 3.63) is 0 Å². The van der Waals surface area contributed by atoms with Gasteiger partial charge in [-0.2, -0.15) is 0 Å². The Balaban J connectivity index is 0. The van der Waals surface area contributed by atoms with Gasteiger partial charge in [-0.05, 0) is 17.3 Å². The number of hydrogen-bond donors (Lipinski definition) is 2. The summed E-state index contributed by atoms with van der Waals surface area (Å²) >= 11 is 0. The van der Waals surface area contributed by atoms with Crippen molar-refractivity contribution in [2.24, 2.45) is 10.8 Å². The van der Waals surface area contributed by atoms with Gasteiger partial charge in [0.1, 0.15) is 0 Å². The molecule has 0 aliphatic heterocycles. The predicted molar refractivity (Wildman–Crippen MR) is 76.3 cm³/mol. The molecule has 0 aromatic carbocycles. The minimum absolute atomic E-state index is 0. The number of nitrogens with one attached hydrogen (secondary N) is 2. The minimum atomic E-state index is -0.00209. The lowest BCUT2D eigenvalue weighted by molar-refractivity contribution is -0.119. The third-order valence-corrected chi connectivity index (χ3v) is 2.59. The molecule has 0 aromatic heterocycles. The molecule has 0 aliphatic carbocycles. The van der Waals surface area contributed by atoms with Gasteiger partial charge >= 0.3 is 0 Å². The number of carbonyl (C=O) groups is 2. The van der Waals surface area contributed by atoms with E-state index < -0.39 is 0 Å². The van der Waals surface area contributed by atoms with Crippen LogP contribution in [0.1, 0.15) is 55.4 Å². The average molecular weight is 258 g/mol. The van der Waals surface area contributed by atoms with Gasteiger partial charge in [0.2, 0.25) is 11.8 Å². The van der Waals surface area contributed by atoms with Gasteiger partial charge in [0.25, 0.3) is 0 Å². The van der Waals surface area contributed by atoms with Crippen molar-refractivity contribution in [1.82, 2.24) is 10.6 Å². The van der Waals surface area contributed by atoms with Crippen LogP contribution < -0.4 is 10.6 Å². The zero-order chi connectivity index (χ0) is 13.7. The fourth-order valence-electron chi connectivity index (χ4n) is 2.15. The highest BCUT2D eigenvalue weighted by atomic mass is 16.2. The highest BCUT2D eigenvalue weighted by molar-refractivity contribution is 5.73. The highest BCUT2D eigenvalue weighted by Gasteiger charge is 2.29. The van der Waals surface area contributed by atoms with Crippen LogP contribution in [-0.2, 0) is 9.59 Å². The molecule has 0 radical (unpaired) electrons. The van der Waals surface area contributed by atoms with E-state index in [4.69, 9.17) is 0 Å². The Hall–Kier alpha value is -1.06. The first-order chi connectivity index (χ1) is 7.54. The van der Waals surface area contributed by atoms with Gasteiger partial charge in [-0.15, -0.1) is 0 Å². The van der Waals surface area contributed by atoms with Crippen LogP contribution in [0.2, 0.25) is 0 Å². The zero-order valence-electron chi connectivity index (χ0n) is 11.9. The molecular formula is C14H30N2O2. The summed E-state index contributed by atoms with van der Waals surface area (Å²) in [6.45, 7) is 12.9. The standard InChI is InChI=1S/C13H26N2O2.CH4/c1-10(16)14-8-12(3,4)7-13(5,6)9-15-11(2)17;/h7-9H2,1-6H3,(H,14,16)(H,15,17);1H4. The van der Waals surface area contributed by atoms with Crippen LogP contribution in [0.15, 0.2) is 0 Å². The van der Waals surface area contributed by atoms with E-state index in [0.29, 0.717) is 13.1 Å². The second-order valence-corrected chi connectivity index (χ2v) is 6.32. The lowest BCUT2D eigenvalue weighted by Gasteiger charge is -2.35. The summed E-state index contributed by atoms with van der Waals surface area (Å²) in [6.07, 6.45) is 0.931. The Kier molecular flexibility index (Phi) is 7.92. The topological polar surface area (TPSA) is 58.2 Å². The van der Waals surface area contributed by atoms with Gasteiger partial charge in [0.15, 0.2) is 0 Å². The van der Waals surface area contributed by atoms with Gasteiger partial charge in [-0.25, -0.2) is 0 Å². The summed E-state index contributed by atoms with van der Waals surface area (Å²) in [5.41, 5.74) is 0.0429. The maximum atomic E-state index is 10.9. The first-order valence-electron chi connectivity index (χ1n) is 6.03. The molecule has 0 spiro atoms. The summed E-state index contributed by atoms with van der Waals surface area (Å²) in [5.74, 6) is -0.00418. The summed E-state index contributed by atoms with van der Waals surface area (Å²) in [5, 5.41) is 5.69. The van der Waals surface area contributed by atoms with E-state index in [0.717, 1.165) is 6.42 Å². The quantitative estimate of drug-likeness (QED) is 0.768. The van der Waals surface area contributed by atoms with Crippen molar-refractivity contribution in [2.45, 2.75) is 55.4 Å². The van der Waals surface area contributed by atoms with Gasteiger partial charge in [-0.3, -0.25) is 9.59 Å². The van der Waals surface area contributed by atoms with E-state index in [1.54, 1.807) is 0 Å².